The van der Waals surface area contributed by atoms with Crippen LogP contribution in [0.15, 0.2) is 0 Å². The van der Waals surface area contributed by atoms with Crippen LogP contribution >= 0.6 is 15.2 Å². The van der Waals surface area contributed by atoms with Crippen molar-refractivity contribution in [2.75, 3.05) is 0 Å². The van der Waals surface area contributed by atoms with Gasteiger partial charge in [-0.05, 0) is 0 Å². The van der Waals surface area contributed by atoms with E-state index in [1.54, 1.807) is 10.2 Å². The molecule has 0 radical (unpaired) electrons. The van der Waals surface area contributed by atoms with Gasteiger partial charge in [0.2, 0.25) is 0 Å². The first kappa shape index (κ1) is 11.6. The minimum Gasteiger partial charge on any atom is -0.265 e. The maximum absolute atomic E-state index is 10.6. The molecule has 0 heterocycles. The lowest BCUT2D eigenvalue weighted by Crippen LogP contribution is -2.38. The molecule has 0 aromatic carbocycles. The SMILES string of the molecule is NP(N)(=O)NC(=O)NP(N)(N)=O. The zero-order chi connectivity index (χ0) is 9.99. The van der Waals surface area contributed by atoms with Crippen LogP contribution in [0, 0.1) is 0 Å². The molecule has 0 fully saturated rings. The summed E-state index contributed by atoms with van der Waals surface area (Å²) >= 11 is 0. The molecule has 0 bridgehead atoms. The van der Waals surface area contributed by atoms with Gasteiger partial charge in [-0.1, -0.05) is 0 Å². The van der Waals surface area contributed by atoms with Crippen molar-refractivity contribution in [2.45, 2.75) is 0 Å². The van der Waals surface area contributed by atoms with Crippen molar-refractivity contribution in [3.05, 3.63) is 0 Å². The van der Waals surface area contributed by atoms with E-state index in [1.807, 2.05) is 0 Å². The molecule has 11 heteroatoms. The molecule has 0 rings (SSSR count). The van der Waals surface area contributed by atoms with Crippen molar-refractivity contribution in [1.29, 1.82) is 0 Å². The van der Waals surface area contributed by atoms with Crippen LogP contribution in [0.2, 0.25) is 0 Å². The molecular formula is CH10N6O3P2. The van der Waals surface area contributed by atoms with Gasteiger partial charge >= 0.3 is 21.2 Å². The monoisotopic (exact) mass is 216 g/mol. The molecule has 0 saturated carbocycles. The number of nitrogens with one attached hydrogen (secondary N) is 2. The van der Waals surface area contributed by atoms with Crippen LogP contribution in [-0.2, 0) is 9.13 Å². The molecule has 0 aliphatic rings. The molecule has 0 aliphatic carbocycles. The summed E-state index contributed by atoms with van der Waals surface area (Å²) in [4.78, 5) is 10.6. The van der Waals surface area contributed by atoms with E-state index in [0.717, 1.165) is 0 Å². The van der Waals surface area contributed by atoms with Gasteiger partial charge in [0.15, 0.2) is 0 Å². The summed E-state index contributed by atoms with van der Waals surface area (Å²) in [6.45, 7) is 0. The lowest BCUT2D eigenvalue weighted by atomic mass is 11.2. The fraction of sp³-hybridized carbons (Fsp3) is 0. The van der Waals surface area contributed by atoms with Crippen LogP contribution in [0.3, 0.4) is 0 Å². The Bertz CT molecular complexity index is 236. The number of rotatable bonds is 2. The molecule has 72 valence electrons. The van der Waals surface area contributed by atoms with E-state index in [-0.39, 0.29) is 0 Å². The van der Waals surface area contributed by atoms with E-state index in [2.05, 4.69) is 0 Å². The number of carbonyl (C=O) groups excluding carboxylic acids is 1. The van der Waals surface area contributed by atoms with E-state index in [0.29, 0.717) is 0 Å². The summed E-state index contributed by atoms with van der Waals surface area (Å²) in [6.07, 6.45) is 0. The second-order valence-corrected chi connectivity index (χ2v) is 5.26. The molecule has 10 N–H and O–H groups in total. The number of carbonyl (C=O) groups is 1. The van der Waals surface area contributed by atoms with Crippen molar-refractivity contribution < 1.29 is 13.9 Å². The Balaban J connectivity index is 4.10. The summed E-state index contributed by atoms with van der Waals surface area (Å²) in [5, 5.41) is 3.21. The highest BCUT2D eigenvalue weighted by Gasteiger charge is 2.17. The van der Waals surface area contributed by atoms with Crippen LogP contribution in [-0.4, -0.2) is 6.03 Å². The Morgan fingerprint density at radius 1 is 0.917 bits per heavy atom. The standard InChI is InChI=1S/CH10N6O3P2/c2-11(3,9)6-1(8)7-12(4,5)10/h(H10,2,3,4,5,6,7,8,9,10). The highest BCUT2D eigenvalue weighted by atomic mass is 31.2. The molecular weight excluding hydrogens is 206 g/mol. The largest absolute Gasteiger partial charge is 0.329 e. The van der Waals surface area contributed by atoms with Crippen molar-refractivity contribution >= 4 is 21.2 Å². The average Bonchev–Trinajstić information content (AvgIpc) is 1.49. The van der Waals surface area contributed by atoms with Crippen LogP contribution < -0.4 is 32.2 Å². The Morgan fingerprint density at radius 3 is 1.33 bits per heavy atom. The molecule has 9 nitrogen and oxygen atoms in total. The zero-order valence-electron chi connectivity index (χ0n) is 5.93. The predicted molar refractivity (Wildman–Crippen MR) is 43.6 cm³/mol. The Labute approximate surface area is 68.3 Å². The van der Waals surface area contributed by atoms with E-state index in [1.165, 1.54) is 0 Å². The number of hydrogen-bond donors (Lipinski definition) is 6. The van der Waals surface area contributed by atoms with Gasteiger partial charge in [0.05, 0.1) is 0 Å². The third kappa shape index (κ3) is 7.67. The molecule has 2 amide bonds. The number of hydrogen-bond acceptors (Lipinski definition) is 3. The van der Waals surface area contributed by atoms with Gasteiger partial charge in [-0.2, -0.15) is 0 Å². The molecule has 0 spiro atoms. The summed E-state index contributed by atoms with van der Waals surface area (Å²) in [6, 6.07) is -1.14. The van der Waals surface area contributed by atoms with Crippen molar-refractivity contribution in [3.8, 4) is 0 Å². The minimum atomic E-state index is -3.70. The van der Waals surface area contributed by atoms with Gasteiger partial charge in [0, 0.05) is 0 Å². The maximum atomic E-state index is 10.6. The molecule has 0 atom stereocenters. The first-order valence-electron chi connectivity index (χ1n) is 2.55. The molecule has 0 saturated heterocycles. The fourth-order valence-corrected chi connectivity index (χ4v) is 1.18. The summed E-state index contributed by atoms with van der Waals surface area (Å²) in [5.41, 5.74) is 19.0. The zero-order valence-corrected chi connectivity index (χ0v) is 7.72. The van der Waals surface area contributed by atoms with Crippen molar-refractivity contribution in [1.82, 2.24) is 10.2 Å². The van der Waals surface area contributed by atoms with E-state index in [9.17, 15) is 13.9 Å². The smallest absolute Gasteiger partial charge is 0.265 e. The van der Waals surface area contributed by atoms with Gasteiger partial charge in [-0.3, -0.25) is 41.3 Å². The van der Waals surface area contributed by atoms with Gasteiger partial charge in [-0.25, -0.2) is 4.79 Å². The Hall–Kier alpha value is -0.430. The van der Waals surface area contributed by atoms with Crippen LogP contribution in [0.25, 0.3) is 0 Å². The summed E-state index contributed by atoms with van der Waals surface area (Å²) in [5.74, 6) is 0. The Morgan fingerprint density at radius 2 is 1.17 bits per heavy atom. The van der Waals surface area contributed by atoms with Crippen LogP contribution in [0.4, 0.5) is 4.79 Å². The average molecular weight is 216 g/mol. The number of nitrogens with two attached hydrogens (primary N) is 4. The maximum Gasteiger partial charge on any atom is 0.329 e. The van der Waals surface area contributed by atoms with Crippen molar-refractivity contribution in [2.24, 2.45) is 22.0 Å². The van der Waals surface area contributed by atoms with Crippen LogP contribution in [0.1, 0.15) is 0 Å². The highest BCUT2D eigenvalue weighted by Crippen LogP contribution is 2.21. The number of urea groups is 1. The third-order valence-corrected chi connectivity index (χ3v) is 1.66. The second-order valence-electron chi connectivity index (χ2n) is 1.97. The topological polar surface area (TPSA) is 179 Å². The van der Waals surface area contributed by atoms with Gasteiger partial charge in [-0.15, -0.1) is 0 Å². The highest BCUT2D eigenvalue weighted by molar-refractivity contribution is 7.59. The Kier molecular flexibility index (Phi) is 3.40. The lowest BCUT2D eigenvalue weighted by molar-refractivity contribution is 0.250. The fourth-order valence-electron chi connectivity index (χ4n) is 0.342. The molecule has 0 aliphatic heterocycles. The van der Waals surface area contributed by atoms with Crippen LogP contribution in [0.5, 0.6) is 0 Å². The third-order valence-electron chi connectivity index (χ3n) is 0.553. The van der Waals surface area contributed by atoms with E-state index in [4.69, 9.17) is 22.0 Å². The van der Waals surface area contributed by atoms with Gasteiger partial charge < -0.3 is 0 Å². The normalized spacial score (nSPS) is 12.3. The van der Waals surface area contributed by atoms with Gasteiger partial charge in [0.25, 0.3) is 0 Å². The van der Waals surface area contributed by atoms with E-state index >= 15 is 0 Å². The molecule has 0 aromatic heterocycles. The first-order valence-corrected chi connectivity index (χ1v) is 6.24. The van der Waals surface area contributed by atoms with Gasteiger partial charge in [0.1, 0.15) is 0 Å². The molecule has 0 unspecified atom stereocenters. The van der Waals surface area contributed by atoms with Crippen molar-refractivity contribution in [3.63, 3.8) is 0 Å². The van der Waals surface area contributed by atoms with E-state index < -0.39 is 21.2 Å². The second kappa shape index (κ2) is 3.53. The summed E-state index contributed by atoms with van der Waals surface area (Å²) in [7, 11) is -7.40. The predicted octanol–water partition coefficient (Wildman–Crippen LogP) is -1.66. The molecule has 12 heavy (non-hydrogen) atoms. The summed E-state index contributed by atoms with van der Waals surface area (Å²) < 4.78 is 21.0. The number of amides is 2. The minimum absolute atomic E-state index is 1.14. The molecule has 0 aromatic rings. The quantitative estimate of drug-likeness (QED) is 0.298. The first-order chi connectivity index (χ1) is 5.10. The lowest BCUT2D eigenvalue weighted by Gasteiger charge is -2.11.